The van der Waals surface area contributed by atoms with Crippen LogP contribution in [0.3, 0.4) is 0 Å². The van der Waals surface area contributed by atoms with Crippen LogP contribution < -0.4 is 4.74 Å². The van der Waals surface area contributed by atoms with Gasteiger partial charge in [-0.1, -0.05) is 15.9 Å². The van der Waals surface area contributed by atoms with Crippen molar-refractivity contribution >= 4 is 15.9 Å². The molecule has 1 rings (SSSR count). The van der Waals surface area contributed by atoms with Crippen LogP contribution in [0.25, 0.3) is 0 Å². The highest BCUT2D eigenvalue weighted by atomic mass is 79.9. The number of halogens is 4. The van der Waals surface area contributed by atoms with Crippen LogP contribution in [0, 0.1) is 11.3 Å². The zero-order valence-corrected chi connectivity index (χ0v) is 10.3. The van der Waals surface area contributed by atoms with E-state index in [1.807, 2.05) is 6.07 Å². The Hall–Kier alpha value is -1.22. The molecule has 0 saturated carbocycles. The molecule has 0 bridgehead atoms. The van der Waals surface area contributed by atoms with Gasteiger partial charge >= 0.3 is 6.18 Å². The van der Waals surface area contributed by atoms with Crippen LogP contribution in [-0.4, -0.2) is 12.8 Å². The van der Waals surface area contributed by atoms with Gasteiger partial charge in [0, 0.05) is 10.9 Å². The van der Waals surface area contributed by atoms with E-state index in [0.717, 1.165) is 0 Å². The highest BCUT2D eigenvalue weighted by Crippen LogP contribution is 2.23. The Balaban J connectivity index is 2.47. The van der Waals surface area contributed by atoms with E-state index >= 15 is 0 Å². The lowest BCUT2D eigenvalue weighted by Gasteiger charge is -2.08. The minimum Gasteiger partial charge on any atom is -0.494 e. The molecule has 0 atom stereocenters. The van der Waals surface area contributed by atoms with Gasteiger partial charge in [-0.2, -0.15) is 18.4 Å². The quantitative estimate of drug-likeness (QED) is 0.786. The van der Waals surface area contributed by atoms with Crippen LogP contribution in [0.15, 0.2) is 22.7 Å². The van der Waals surface area contributed by atoms with Crippen LogP contribution in [0.2, 0.25) is 0 Å². The van der Waals surface area contributed by atoms with Crippen LogP contribution >= 0.6 is 15.9 Å². The summed E-state index contributed by atoms with van der Waals surface area (Å²) in [6.07, 6.45) is -5.12. The molecule has 92 valence electrons. The number of alkyl halides is 3. The largest absolute Gasteiger partial charge is 0.494 e. The van der Waals surface area contributed by atoms with Gasteiger partial charge in [-0.05, 0) is 24.6 Å². The van der Waals surface area contributed by atoms with Gasteiger partial charge in [0.2, 0.25) is 0 Å². The lowest BCUT2D eigenvalue weighted by atomic mass is 10.2. The number of nitriles is 1. The summed E-state index contributed by atoms with van der Waals surface area (Å²) in [4.78, 5) is 0. The van der Waals surface area contributed by atoms with Crippen molar-refractivity contribution in [3.05, 3.63) is 28.2 Å². The highest BCUT2D eigenvalue weighted by Gasteiger charge is 2.26. The second kappa shape index (κ2) is 5.92. The van der Waals surface area contributed by atoms with Gasteiger partial charge in [0.05, 0.1) is 18.2 Å². The van der Waals surface area contributed by atoms with Crippen LogP contribution in [0.5, 0.6) is 5.75 Å². The lowest BCUT2D eigenvalue weighted by Crippen LogP contribution is -2.09. The molecule has 17 heavy (non-hydrogen) atoms. The van der Waals surface area contributed by atoms with Crippen molar-refractivity contribution < 1.29 is 17.9 Å². The van der Waals surface area contributed by atoms with Crippen molar-refractivity contribution in [3.8, 4) is 11.8 Å². The Kier molecular flexibility index (Phi) is 4.82. The predicted octanol–water partition coefficient (Wildman–Crippen LogP) is 4.04. The molecule has 1 aromatic rings. The highest BCUT2D eigenvalue weighted by molar-refractivity contribution is 9.10. The summed E-state index contributed by atoms with van der Waals surface area (Å²) >= 11 is 3.18. The summed E-state index contributed by atoms with van der Waals surface area (Å²) < 4.78 is 41.4. The molecule has 0 spiro atoms. The van der Waals surface area contributed by atoms with E-state index in [2.05, 4.69) is 15.9 Å². The van der Waals surface area contributed by atoms with Gasteiger partial charge in [0.25, 0.3) is 0 Å². The molecular formula is C11H9BrF3NO. The average Bonchev–Trinajstić information content (AvgIpc) is 2.22. The van der Waals surface area contributed by atoms with E-state index in [9.17, 15) is 13.2 Å². The van der Waals surface area contributed by atoms with Gasteiger partial charge in [-0.25, -0.2) is 0 Å². The van der Waals surface area contributed by atoms with E-state index in [1.165, 1.54) is 6.07 Å². The molecule has 0 heterocycles. The number of benzene rings is 1. The third kappa shape index (κ3) is 5.59. The Morgan fingerprint density at radius 3 is 2.59 bits per heavy atom. The molecule has 0 radical (unpaired) electrons. The lowest BCUT2D eigenvalue weighted by molar-refractivity contribution is -0.136. The fourth-order valence-electron chi connectivity index (χ4n) is 1.17. The maximum Gasteiger partial charge on any atom is 0.389 e. The summed E-state index contributed by atoms with van der Waals surface area (Å²) in [6.45, 7) is -0.0270. The monoisotopic (exact) mass is 307 g/mol. The molecule has 0 saturated heterocycles. The molecule has 2 nitrogen and oxygen atoms in total. The molecule has 0 aromatic heterocycles. The zero-order chi connectivity index (χ0) is 12.9. The van der Waals surface area contributed by atoms with Crippen molar-refractivity contribution in [1.29, 1.82) is 5.26 Å². The van der Waals surface area contributed by atoms with Gasteiger partial charge < -0.3 is 4.74 Å². The van der Waals surface area contributed by atoms with Crippen LogP contribution in [0.4, 0.5) is 13.2 Å². The minimum atomic E-state index is -4.15. The third-order valence-corrected chi connectivity index (χ3v) is 2.33. The Morgan fingerprint density at radius 2 is 2.00 bits per heavy atom. The van der Waals surface area contributed by atoms with Gasteiger partial charge in [-0.3, -0.25) is 0 Å². The van der Waals surface area contributed by atoms with E-state index in [-0.39, 0.29) is 13.0 Å². The number of rotatable bonds is 4. The Labute approximate surface area is 105 Å². The van der Waals surface area contributed by atoms with Crippen molar-refractivity contribution in [1.82, 2.24) is 0 Å². The van der Waals surface area contributed by atoms with E-state index < -0.39 is 12.6 Å². The van der Waals surface area contributed by atoms with Gasteiger partial charge in [0.15, 0.2) is 0 Å². The first-order valence-electron chi connectivity index (χ1n) is 4.81. The summed E-state index contributed by atoms with van der Waals surface area (Å²) in [5.74, 6) is 0.387. The maximum absolute atomic E-state index is 11.9. The predicted molar refractivity (Wildman–Crippen MR) is 59.6 cm³/mol. The number of hydrogen-bond donors (Lipinski definition) is 0. The molecule has 0 N–H and O–H groups in total. The average molecular weight is 308 g/mol. The van der Waals surface area contributed by atoms with Gasteiger partial charge in [0.1, 0.15) is 5.75 Å². The van der Waals surface area contributed by atoms with Crippen molar-refractivity contribution in [2.75, 3.05) is 6.61 Å². The Morgan fingerprint density at radius 1 is 1.29 bits per heavy atom. The smallest absolute Gasteiger partial charge is 0.389 e. The van der Waals surface area contributed by atoms with Crippen LogP contribution in [-0.2, 0) is 0 Å². The normalized spacial score (nSPS) is 11.0. The van der Waals surface area contributed by atoms with Crippen LogP contribution in [0.1, 0.15) is 18.4 Å². The van der Waals surface area contributed by atoms with E-state index in [4.69, 9.17) is 10.00 Å². The van der Waals surface area contributed by atoms with Crippen molar-refractivity contribution in [2.24, 2.45) is 0 Å². The third-order valence-electron chi connectivity index (χ3n) is 1.87. The summed E-state index contributed by atoms with van der Waals surface area (Å²) in [7, 11) is 0. The standard InChI is InChI=1S/C11H9BrF3NO/c12-9-4-8(7-16)5-10(6-9)17-3-1-2-11(13,14)15/h4-6H,1-3H2. The number of ether oxygens (including phenoxy) is 1. The summed E-state index contributed by atoms with van der Waals surface area (Å²) in [5, 5.41) is 8.69. The molecule has 0 fully saturated rings. The topological polar surface area (TPSA) is 33.0 Å². The van der Waals surface area contributed by atoms with E-state index in [0.29, 0.717) is 15.8 Å². The first kappa shape index (κ1) is 13.8. The first-order chi connectivity index (χ1) is 7.90. The SMILES string of the molecule is N#Cc1cc(Br)cc(OCCCC(F)(F)F)c1. The van der Waals surface area contributed by atoms with Crippen molar-refractivity contribution in [2.45, 2.75) is 19.0 Å². The molecule has 0 amide bonds. The molecule has 1 aromatic carbocycles. The minimum absolute atomic E-state index is 0.0270. The molecule has 0 aliphatic heterocycles. The molecule has 0 unspecified atom stereocenters. The summed E-state index contributed by atoms with van der Waals surface area (Å²) in [6, 6.07) is 6.62. The van der Waals surface area contributed by atoms with Gasteiger partial charge in [-0.15, -0.1) is 0 Å². The summed E-state index contributed by atoms with van der Waals surface area (Å²) in [5.41, 5.74) is 0.394. The number of nitrogens with zero attached hydrogens (tertiary/aromatic N) is 1. The second-order valence-electron chi connectivity index (χ2n) is 3.35. The molecule has 0 aliphatic rings. The number of hydrogen-bond acceptors (Lipinski definition) is 2. The zero-order valence-electron chi connectivity index (χ0n) is 8.72. The Bertz CT molecular complexity index is 426. The van der Waals surface area contributed by atoms with Crippen molar-refractivity contribution in [3.63, 3.8) is 0 Å². The fourth-order valence-corrected chi connectivity index (χ4v) is 1.65. The second-order valence-corrected chi connectivity index (χ2v) is 4.27. The fraction of sp³-hybridized carbons (Fsp3) is 0.364. The maximum atomic E-state index is 11.9. The first-order valence-corrected chi connectivity index (χ1v) is 5.60. The van der Waals surface area contributed by atoms with E-state index in [1.54, 1.807) is 12.1 Å². The molecule has 6 heteroatoms. The molecule has 0 aliphatic carbocycles. The molecular weight excluding hydrogens is 299 g/mol.